The van der Waals surface area contributed by atoms with Gasteiger partial charge in [-0.25, -0.2) is 4.99 Å². The SMILES string of the molecule is Cc1ccc(C)c(NC(=O)c2c(N=Cc3cc(Cl)ccc3O)sc3c2CCCCCC3)c1. The average Bonchev–Trinajstić information content (AvgIpc) is 3.07. The number of phenolic OH excluding ortho intramolecular Hbond substituents is 1. The number of phenols is 1. The van der Waals surface area contributed by atoms with E-state index in [0.717, 1.165) is 48.1 Å². The summed E-state index contributed by atoms with van der Waals surface area (Å²) in [4.78, 5) is 19.4. The summed E-state index contributed by atoms with van der Waals surface area (Å²) in [6, 6.07) is 10.9. The van der Waals surface area contributed by atoms with Gasteiger partial charge in [0.2, 0.25) is 0 Å². The second kappa shape index (κ2) is 9.88. The number of anilines is 1. The second-order valence-corrected chi connectivity index (χ2v) is 9.85. The Labute approximate surface area is 198 Å². The number of hydrogen-bond acceptors (Lipinski definition) is 4. The van der Waals surface area contributed by atoms with Gasteiger partial charge in [0, 0.05) is 27.4 Å². The predicted octanol–water partition coefficient (Wildman–Crippen LogP) is 7.39. The van der Waals surface area contributed by atoms with Crippen molar-refractivity contribution in [3.8, 4) is 5.75 Å². The number of benzene rings is 2. The summed E-state index contributed by atoms with van der Waals surface area (Å²) in [7, 11) is 0. The largest absolute Gasteiger partial charge is 0.507 e. The van der Waals surface area contributed by atoms with E-state index < -0.39 is 0 Å². The van der Waals surface area contributed by atoms with Crippen molar-refractivity contribution in [2.75, 3.05) is 5.32 Å². The molecule has 0 saturated carbocycles. The number of thiophene rings is 1. The molecule has 1 aliphatic rings. The number of nitrogens with zero attached hydrogens (tertiary/aromatic N) is 1. The molecule has 3 aromatic rings. The number of nitrogens with one attached hydrogen (secondary N) is 1. The molecule has 4 nitrogen and oxygen atoms in total. The molecule has 0 saturated heterocycles. The molecule has 1 heterocycles. The number of halogens is 1. The zero-order chi connectivity index (χ0) is 22.7. The molecule has 0 spiro atoms. The van der Waals surface area contributed by atoms with Crippen molar-refractivity contribution in [2.45, 2.75) is 52.4 Å². The monoisotopic (exact) mass is 466 g/mol. The van der Waals surface area contributed by atoms with Crippen molar-refractivity contribution in [1.82, 2.24) is 0 Å². The van der Waals surface area contributed by atoms with Crippen LogP contribution in [-0.4, -0.2) is 17.2 Å². The van der Waals surface area contributed by atoms with Crippen molar-refractivity contribution >= 4 is 45.7 Å². The third-order valence-electron chi connectivity index (χ3n) is 5.83. The van der Waals surface area contributed by atoms with E-state index in [4.69, 9.17) is 11.6 Å². The molecule has 0 bridgehead atoms. The van der Waals surface area contributed by atoms with Crippen LogP contribution in [0.15, 0.2) is 41.4 Å². The first-order valence-corrected chi connectivity index (χ1v) is 12.2. The Morgan fingerprint density at radius 2 is 1.88 bits per heavy atom. The fourth-order valence-electron chi connectivity index (χ4n) is 4.04. The topological polar surface area (TPSA) is 61.7 Å². The number of aryl methyl sites for hydroxylation is 3. The maximum atomic E-state index is 13.5. The van der Waals surface area contributed by atoms with Gasteiger partial charge in [-0.3, -0.25) is 4.79 Å². The maximum Gasteiger partial charge on any atom is 0.259 e. The van der Waals surface area contributed by atoms with Gasteiger partial charge in [-0.05, 0) is 80.5 Å². The first-order chi connectivity index (χ1) is 15.4. The van der Waals surface area contributed by atoms with Crippen molar-refractivity contribution < 1.29 is 9.90 Å². The Hall–Kier alpha value is -2.63. The Morgan fingerprint density at radius 3 is 2.69 bits per heavy atom. The molecule has 2 aromatic carbocycles. The van der Waals surface area contributed by atoms with Gasteiger partial charge in [0.05, 0.1) is 5.56 Å². The summed E-state index contributed by atoms with van der Waals surface area (Å²) < 4.78 is 0. The van der Waals surface area contributed by atoms with Crippen molar-refractivity contribution in [3.63, 3.8) is 0 Å². The van der Waals surface area contributed by atoms with Gasteiger partial charge in [0.1, 0.15) is 10.8 Å². The molecule has 6 heteroatoms. The molecule has 1 amide bonds. The van der Waals surface area contributed by atoms with Crippen LogP contribution in [0.3, 0.4) is 0 Å². The summed E-state index contributed by atoms with van der Waals surface area (Å²) in [6.45, 7) is 4.01. The number of aliphatic imine (C=N–C) groups is 1. The number of rotatable bonds is 4. The normalized spacial score (nSPS) is 14.1. The Morgan fingerprint density at radius 1 is 1.09 bits per heavy atom. The van der Waals surface area contributed by atoms with Crippen LogP contribution in [0, 0.1) is 13.8 Å². The van der Waals surface area contributed by atoms with Crippen molar-refractivity contribution in [2.24, 2.45) is 4.99 Å². The molecule has 166 valence electrons. The summed E-state index contributed by atoms with van der Waals surface area (Å²) in [6.07, 6.45) is 8.06. The average molecular weight is 467 g/mol. The lowest BCUT2D eigenvalue weighted by atomic mass is 9.96. The summed E-state index contributed by atoms with van der Waals surface area (Å²) in [5.41, 5.74) is 5.25. The molecule has 0 aliphatic heterocycles. The number of carbonyl (C=O) groups excluding carboxylic acids is 1. The van der Waals surface area contributed by atoms with Crippen molar-refractivity contribution in [1.29, 1.82) is 0 Å². The lowest BCUT2D eigenvalue weighted by Gasteiger charge is -2.13. The zero-order valence-electron chi connectivity index (χ0n) is 18.4. The van der Waals surface area contributed by atoms with Crippen molar-refractivity contribution in [3.05, 3.63) is 74.1 Å². The lowest BCUT2D eigenvalue weighted by molar-refractivity contribution is 0.102. The smallest absolute Gasteiger partial charge is 0.259 e. The minimum Gasteiger partial charge on any atom is -0.507 e. The lowest BCUT2D eigenvalue weighted by Crippen LogP contribution is -2.15. The van der Waals surface area contributed by atoms with Crippen LogP contribution >= 0.6 is 22.9 Å². The van der Waals surface area contributed by atoms with E-state index in [1.165, 1.54) is 17.7 Å². The van der Waals surface area contributed by atoms with Crippen LogP contribution < -0.4 is 5.32 Å². The molecule has 32 heavy (non-hydrogen) atoms. The zero-order valence-corrected chi connectivity index (χ0v) is 19.9. The number of carbonyl (C=O) groups is 1. The predicted molar refractivity (Wildman–Crippen MR) is 134 cm³/mol. The van der Waals surface area contributed by atoms with E-state index >= 15 is 0 Å². The molecule has 1 aromatic heterocycles. The van der Waals surface area contributed by atoms with Gasteiger partial charge in [-0.1, -0.05) is 36.6 Å². The number of amides is 1. The van der Waals surface area contributed by atoms with E-state index in [2.05, 4.69) is 10.3 Å². The van der Waals surface area contributed by atoms with Crippen LogP contribution in [0.4, 0.5) is 10.7 Å². The van der Waals surface area contributed by atoms with Crippen LogP contribution in [-0.2, 0) is 12.8 Å². The van der Waals surface area contributed by atoms with Gasteiger partial charge in [-0.15, -0.1) is 11.3 Å². The molecule has 0 unspecified atom stereocenters. The van der Waals surface area contributed by atoms with E-state index in [1.54, 1.807) is 35.8 Å². The first kappa shape index (κ1) is 22.6. The van der Waals surface area contributed by atoms with Gasteiger partial charge < -0.3 is 10.4 Å². The molecule has 0 atom stereocenters. The fourth-order valence-corrected chi connectivity index (χ4v) is 5.45. The molecule has 0 radical (unpaired) electrons. The summed E-state index contributed by atoms with van der Waals surface area (Å²) >= 11 is 7.67. The van der Waals surface area contributed by atoms with E-state index in [9.17, 15) is 9.90 Å². The molecule has 1 aliphatic carbocycles. The molecule has 0 fully saturated rings. The second-order valence-electron chi connectivity index (χ2n) is 8.33. The summed E-state index contributed by atoms with van der Waals surface area (Å²) in [5, 5.41) is 14.5. The standard InChI is InChI=1S/C26H27ClN2O2S/c1-16-9-10-17(2)21(13-16)29-25(31)24-20-7-5-3-4-6-8-23(20)32-26(24)28-15-18-14-19(27)11-12-22(18)30/h9-15,30H,3-8H2,1-2H3,(H,29,31). The van der Waals surface area contributed by atoms with E-state index in [-0.39, 0.29) is 11.7 Å². The third kappa shape index (κ3) is 5.05. The Balaban J connectivity index is 1.75. The number of aromatic hydroxyl groups is 1. The molecular formula is C26H27ClN2O2S. The number of fused-ring (bicyclic) bond motifs is 1. The molecule has 4 rings (SSSR count). The molecule has 2 N–H and O–H groups in total. The highest BCUT2D eigenvalue weighted by atomic mass is 35.5. The highest BCUT2D eigenvalue weighted by Crippen LogP contribution is 2.39. The number of hydrogen-bond donors (Lipinski definition) is 2. The molecular weight excluding hydrogens is 440 g/mol. The first-order valence-electron chi connectivity index (χ1n) is 11.0. The van der Waals surface area contributed by atoms with Crippen LogP contribution in [0.2, 0.25) is 5.02 Å². The van der Waals surface area contributed by atoms with Gasteiger partial charge in [0.25, 0.3) is 5.91 Å². The van der Waals surface area contributed by atoms with Gasteiger partial charge in [-0.2, -0.15) is 0 Å². The van der Waals surface area contributed by atoms with Gasteiger partial charge >= 0.3 is 0 Å². The highest BCUT2D eigenvalue weighted by molar-refractivity contribution is 7.16. The van der Waals surface area contributed by atoms with Crippen LogP contribution in [0.1, 0.15) is 63.2 Å². The van der Waals surface area contributed by atoms with E-state index in [0.29, 0.717) is 21.2 Å². The minimum atomic E-state index is -0.126. The van der Waals surface area contributed by atoms with Gasteiger partial charge in [0.15, 0.2) is 0 Å². The fraction of sp³-hybridized carbons (Fsp3) is 0.308. The Kier molecular flexibility index (Phi) is 6.97. The quantitative estimate of drug-likeness (QED) is 0.394. The van der Waals surface area contributed by atoms with Crippen LogP contribution in [0.5, 0.6) is 5.75 Å². The summed E-state index contributed by atoms with van der Waals surface area (Å²) in [5.74, 6) is -0.0197. The van der Waals surface area contributed by atoms with Crippen LogP contribution in [0.25, 0.3) is 0 Å². The minimum absolute atomic E-state index is 0.106. The highest BCUT2D eigenvalue weighted by Gasteiger charge is 2.24. The third-order valence-corrected chi connectivity index (χ3v) is 7.27. The van der Waals surface area contributed by atoms with E-state index in [1.807, 2.05) is 32.0 Å². The Bertz CT molecular complexity index is 1180. The maximum absolute atomic E-state index is 13.5.